The molecule has 1 unspecified atom stereocenters. The zero-order valence-electron chi connectivity index (χ0n) is 15.4. The minimum Gasteiger partial charge on any atom is -0.329 e. The number of nitrogens with zero attached hydrogens (tertiary/aromatic N) is 2. The molecule has 27 heavy (non-hydrogen) atoms. The van der Waals surface area contributed by atoms with Crippen molar-refractivity contribution in [2.24, 2.45) is 11.7 Å². The quantitative estimate of drug-likeness (QED) is 0.686. The Bertz CT molecular complexity index is 774. The predicted octanol–water partition coefficient (Wildman–Crippen LogP) is 0.618. The second-order valence-electron chi connectivity index (χ2n) is 7.86. The lowest BCUT2D eigenvalue weighted by atomic mass is 10.0. The number of hydrogen-bond acceptors (Lipinski definition) is 5. The Kier molecular flexibility index (Phi) is 4.97. The first-order chi connectivity index (χ1) is 13.0. The monoisotopic (exact) mass is 370 g/mol. The molecule has 7 heteroatoms. The minimum atomic E-state index is -0.561. The van der Waals surface area contributed by atoms with Crippen LogP contribution in [0.15, 0.2) is 18.2 Å². The molecule has 7 nitrogen and oxygen atoms in total. The van der Waals surface area contributed by atoms with Gasteiger partial charge in [0.15, 0.2) is 0 Å². The molecule has 1 aromatic carbocycles. The first-order valence-electron chi connectivity index (χ1n) is 9.74. The number of rotatable bonds is 7. The zero-order chi connectivity index (χ0) is 19.0. The van der Waals surface area contributed by atoms with Crippen molar-refractivity contribution in [3.63, 3.8) is 0 Å². The van der Waals surface area contributed by atoms with Gasteiger partial charge in [-0.2, -0.15) is 0 Å². The number of benzene rings is 1. The third-order valence-electron chi connectivity index (χ3n) is 5.65. The zero-order valence-corrected chi connectivity index (χ0v) is 15.4. The van der Waals surface area contributed by atoms with Crippen LogP contribution in [0.5, 0.6) is 0 Å². The van der Waals surface area contributed by atoms with Crippen molar-refractivity contribution in [3.05, 3.63) is 34.9 Å². The number of nitrogens with one attached hydrogen (secondary N) is 1. The Hall–Kier alpha value is -2.25. The van der Waals surface area contributed by atoms with Gasteiger partial charge in [-0.15, -0.1) is 0 Å². The normalized spacial score (nSPS) is 22.4. The van der Waals surface area contributed by atoms with E-state index in [1.54, 1.807) is 4.90 Å². The van der Waals surface area contributed by atoms with E-state index >= 15 is 0 Å². The van der Waals surface area contributed by atoms with Crippen LogP contribution < -0.4 is 11.1 Å². The van der Waals surface area contributed by atoms with Gasteiger partial charge in [-0.1, -0.05) is 12.1 Å². The number of nitrogens with two attached hydrogens (primary N) is 1. The smallest absolute Gasteiger partial charge is 0.255 e. The maximum absolute atomic E-state index is 12.7. The second-order valence-corrected chi connectivity index (χ2v) is 7.86. The van der Waals surface area contributed by atoms with Crippen LogP contribution in [0.4, 0.5) is 0 Å². The standard InChI is InChI=1S/C20H26N4O3/c21-7-8-23(10-13-1-2-13)11-14-3-4-16-15(9-14)12-24(20(16)27)17-5-6-18(25)22-19(17)26/h3-4,9,13,17H,1-2,5-8,10-12,21H2,(H,22,25,26). The fraction of sp³-hybridized carbons (Fsp3) is 0.550. The van der Waals surface area contributed by atoms with Crippen molar-refractivity contribution in [2.75, 3.05) is 19.6 Å². The van der Waals surface area contributed by atoms with E-state index in [0.717, 1.165) is 31.1 Å². The van der Waals surface area contributed by atoms with Gasteiger partial charge in [0.05, 0.1) is 0 Å². The Labute approximate surface area is 158 Å². The van der Waals surface area contributed by atoms with E-state index < -0.39 is 6.04 Å². The van der Waals surface area contributed by atoms with Gasteiger partial charge in [-0.05, 0) is 42.4 Å². The molecular formula is C20H26N4O3. The number of carbonyl (C=O) groups excluding carboxylic acids is 3. The lowest BCUT2D eigenvalue weighted by Crippen LogP contribution is -2.52. The van der Waals surface area contributed by atoms with Gasteiger partial charge in [0.1, 0.15) is 6.04 Å². The third-order valence-corrected chi connectivity index (χ3v) is 5.65. The van der Waals surface area contributed by atoms with Crippen molar-refractivity contribution < 1.29 is 14.4 Å². The Morgan fingerprint density at radius 3 is 2.70 bits per heavy atom. The fourth-order valence-electron chi connectivity index (χ4n) is 4.07. The van der Waals surface area contributed by atoms with Crippen LogP contribution in [-0.2, 0) is 22.7 Å². The average Bonchev–Trinajstić information content (AvgIpc) is 3.38. The summed E-state index contributed by atoms with van der Waals surface area (Å²) >= 11 is 0. The summed E-state index contributed by atoms with van der Waals surface area (Å²) in [5.74, 6) is 0.0444. The topological polar surface area (TPSA) is 95.7 Å². The number of carbonyl (C=O) groups is 3. The fourth-order valence-corrected chi connectivity index (χ4v) is 4.07. The molecule has 1 saturated carbocycles. The van der Waals surface area contributed by atoms with Crippen LogP contribution in [-0.4, -0.2) is 53.2 Å². The van der Waals surface area contributed by atoms with E-state index in [9.17, 15) is 14.4 Å². The Morgan fingerprint density at radius 2 is 2.00 bits per heavy atom. The number of fused-ring (bicyclic) bond motifs is 1. The highest BCUT2D eigenvalue weighted by molar-refractivity contribution is 6.05. The van der Waals surface area contributed by atoms with E-state index in [4.69, 9.17) is 5.73 Å². The molecule has 2 aliphatic heterocycles. The lowest BCUT2D eigenvalue weighted by Gasteiger charge is -2.29. The molecule has 144 valence electrons. The molecular weight excluding hydrogens is 344 g/mol. The van der Waals surface area contributed by atoms with Crippen molar-refractivity contribution in [2.45, 2.75) is 44.8 Å². The maximum atomic E-state index is 12.7. The summed E-state index contributed by atoms with van der Waals surface area (Å²) in [7, 11) is 0. The van der Waals surface area contributed by atoms with Crippen LogP contribution in [0.1, 0.15) is 47.2 Å². The Morgan fingerprint density at radius 1 is 1.19 bits per heavy atom. The SMILES string of the molecule is NCCN(Cc1ccc2c(c1)CN(C1CCC(=O)NC1=O)C2=O)CC1CC1. The second kappa shape index (κ2) is 7.40. The summed E-state index contributed by atoms with van der Waals surface area (Å²) in [5, 5.41) is 2.34. The number of hydrogen-bond donors (Lipinski definition) is 2. The highest BCUT2D eigenvalue weighted by Gasteiger charge is 2.39. The lowest BCUT2D eigenvalue weighted by molar-refractivity contribution is -0.136. The minimum absolute atomic E-state index is 0.122. The van der Waals surface area contributed by atoms with Gasteiger partial charge in [0, 0.05) is 44.7 Å². The van der Waals surface area contributed by atoms with Crippen LogP contribution in [0.2, 0.25) is 0 Å². The molecule has 4 rings (SSSR count). The molecule has 1 aliphatic carbocycles. The van der Waals surface area contributed by atoms with Crippen molar-refractivity contribution in [3.8, 4) is 0 Å². The van der Waals surface area contributed by atoms with E-state index in [-0.39, 0.29) is 24.1 Å². The third kappa shape index (κ3) is 3.89. The molecule has 0 bridgehead atoms. The summed E-state index contributed by atoms with van der Waals surface area (Å²) in [5.41, 5.74) is 8.55. The van der Waals surface area contributed by atoms with E-state index in [2.05, 4.69) is 16.3 Å². The highest BCUT2D eigenvalue weighted by Crippen LogP contribution is 2.31. The van der Waals surface area contributed by atoms with Crippen LogP contribution in [0, 0.1) is 5.92 Å². The summed E-state index contributed by atoms with van der Waals surface area (Å²) in [6.45, 7) is 3.84. The first-order valence-corrected chi connectivity index (χ1v) is 9.74. The number of amides is 3. The highest BCUT2D eigenvalue weighted by atomic mass is 16.2. The number of imide groups is 1. The van der Waals surface area contributed by atoms with E-state index in [1.807, 2.05) is 12.1 Å². The van der Waals surface area contributed by atoms with Crippen molar-refractivity contribution in [1.29, 1.82) is 0 Å². The molecule has 0 spiro atoms. The predicted molar refractivity (Wildman–Crippen MR) is 99.5 cm³/mol. The molecule has 3 aliphatic rings. The summed E-state index contributed by atoms with van der Waals surface area (Å²) in [4.78, 5) is 40.2. The van der Waals surface area contributed by atoms with E-state index in [0.29, 0.717) is 25.1 Å². The van der Waals surface area contributed by atoms with Gasteiger partial charge in [0.2, 0.25) is 11.8 Å². The summed E-state index contributed by atoms with van der Waals surface area (Å²) in [6.07, 6.45) is 3.28. The molecule has 3 amide bonds. The summed E-state index contributed by atoms with van der Waals surface area (Å²) in [6, 6.07) is 5.39. The summed E-state index contributed by atoms with van der Waals surface area (Å²) < 4.78 is 0. The van der Waals surface area contributed by atoms with Gasteiger partial charge in [0.25, 0.3) is 5.91 Å². The molecule has 2 heterocycles. The van der Waals surface area contributed by atoms with Crippen LogP contribution in [0.25, 0.3) is 0 Å². The maximum Gasteiger partial charge on any atom is 0.255 e. The largest absolute Gasteiger partial charge is 0.329 e. The molecule has 0 aromatic heterocycles. The van der Waals surface area contributed by atoms with Crippen LogP contribution in [0.3, 0.4) is 0 Å². The Balaban J connectivity index is 1.47. The molecule has 3 N–H and O–H groups in total. The van der Waals surface area contributed by atoms with Gasteiger partial charge >= 0.3 is 0 Å². The van der Waals surface area contributed by atoms with Crippen LogP contribution >= 0.6 is 0 Å². The van der Waals surface area contributed by atoms with Gasteiger partial charge < -0.3 is 10.6 Å². The van der Waals surface area contributed by atoms with Gasteiger partial charge in [-0.25, -0.2) is 0 Å². The molecule has 1 atom stereocenters. The molecule has 1 aromatic rings. The molecule has 1 saturated heterocycles. The average molecular weight is 370 g/mol. The molecule has 0 radical (unpaired) electrons. The van der Waals surface area contributed by atoms with Crippen molar-refractivity contribution in [1.82, 2.24) is 15.1 Å². The molecule has 2 fully saturated rings. The van der Waals surface area contributed by atoms with E-state index in [1.165, 1.54) is 18.4 Å². The number of piperidine rings is 1. The van der Waals surface area contributed by atoms with Gasteiger partial charge in [-0.3, -0.25) is 24.6 Å². The first kappa shape index (κ1) is 18.1. The van der Waals surface area contributed by atoms with Crippen molar-refractivity contribution >= 4 is 17.7 Å².